The second-order valence-corrected chi connectivity index (χ2v) is 10.1. The smallest absolute Gasteiger partial charge is 0.311 e. The van der Waals surface area contributed by atoms with Gasteiger partial charge in [-0.15, -0.1) is 0 Å². The van der Waals surface area contributed by atoms with E-state index in [1.807, 2.05) is 56.7 Å². The number of benzene rings is 2. The lowest BCUT2D eigenvalue weighted by atomic mass is 10.1. The van der Waals surface area contributed by atoms with E-state index in [9.17, 15) is 10.1 Å². The molecule has 0 aliphatic carbocycles. The highest BCUT2D eigenvalue weighted by Crippen LogP contribution is 2.28. The molecule has 204 valence electrons. The average molecular weight is 529 g/mol. The summed E-state index contributed by atoms with van der Waals surface area (Å²) < 4.78 is 0. The maximum Gasteiger partial charge on any atom is 0.311 e. The molecule has 2 aromatic carbocycles. The van der Waals surface area contributed by atoms with Crippen molar-refractivity contribution >= 4 is 44.7 Å². The molecule has 0 fully saturated rings. The molecule has 3 heterocycles. The number of nitro groups is 1. The monoisotopic (exact) mass is 528 g/mol. The minimum atomic E-state index is -0.438. The van der Waals surface area contributed by atoms with Crippen LogP contribution in [0.1, 0.15) is 11.1 Å². The highest BCUT2D eigenvalue weighted by atomic mass is 16.6. The van der Waals surface area contributed by atoms with Gasteiger partial charge in [-0.05, 0) is 94.6 Å². The summed E-state index contributed by atoms with van der Waals surface area (Å²) in [7, 11) is 8.26. The number of hydrogen-bond donors (Lipinski definition) is 4. The van der Waals surface area contributed by atoms with Gasteiger partial charge in [-0.3, -0.25) is 10.1 Å². The fraction of sp³-hybridized carbons (Fsp3) is 0.276. The number of nitrogens with one attached hydrogen (secondary N) is 3. The van der Waals surface area contributed by atoms with Crippen LogP contribution in [0.25, 0.3) is 21.8 Å². The Morgan fingerprint density at radius 2 is 1.49 bits per heavy atom. The second-order valence-electron chi connectivity index (χ2n) is 10.1. The molecule has 0 aliphatic rings. The van der Waals surface area contributed by atoms with Crippen LogP contribution in [0.15, 0.2) is 67.1 Å². The molecule has 5 aromatic rings. The molecule has 5 N–H and O–H groups in total. The van der Waals surface area contributed by atoms with Crippen molar-refractivity contribution in [3.8, 4) is 0 Å². The van der Waals surface area contributed by atoms with Crippen LogP contribution in [-0.2, 0) is 12.8 Å². The van der Waals surface area contributed by atoms with E-state index in [2.05, 4.69) is 50.4 Å². The predicted octanol–water partition coefficient (Wildman–Crippen LogP) is 5.17. The highest BCUT2D eigenvalue weighted by Gasteiger charge is 2.14. The number of rotatable bonds is 9. The zero-order valence-electron chi connectivity index (χ0n) is 22.9. The number of aromatic nitrogens is 3. The Hall–Kier alpha value is -4.41. The van der Waals surface area contributed by atoms with Crippen LogP contribution < -0.4 is 11.1 Å². The number of nitrogens with two attached hydrogens (primary N) is 1. The normalized spacial score (nSPS) is 11.2. The van der Waals surface area contributed by atoms with Crippen molar-refractivity contribution in [1.29, 1.82) is 0 Å². The van der Waals surface area contributed by atoms with Gasteiger partial charge < -0.3 is 30.8 Å². The molecule has 39 heavy (non-hydrogen) atoms. The highest BCUT2D eigenvalue weighted by molar-refractivity contribution is 5.88. The number of fused-ring (bicyclic) bond motifs is 2. The summed E-state index contributed by atoms with van der Waals surface area (Å²) in [6.45, 7) is 2.01. The second kappa shape index (κ2) is 12.4. The molecule has 0 radical (unpaired) electrons. The summed E-state index contributed by atoms with van der Waals surface area (Å²) in [5.74, 6) is 0.243. The van der Waals surface area contributed by atoms with Crippen LogP contribution in [0.4, 0.5) is 22.9 Å². The molecule has 0 saturated carbocycles. The number of anilines is 3. The lowest BCUT2D eigenvalue weighted by molar-refractivity contribution is -0.384. The molecule has 0 saturated heterocycles. The molecule has 0 bridgehead atoms. The fourth-order valence-corrected chi connectivity index (χ4v) is 4.33. The van der Waals surface area contributed by atoms with Gasteiger partial charge in [0.05, 0.1) is 4.92 Å². The van der Waals surface area contributed by atoms with Gasteiger partial charge in [0.25, 0.3) is 0 Å². The Balaban J connectivity index is 0.000000202. The first kappa shape index (κ1) is 27.6. The topological polar surface area (TPSA) is 132 Å². The largest absolute Gasteiger partial charge is 0.399 e. The molecule has 0 unspecified atom stereocenters. The Labute approximate surface area is 228 Å². The Morgan fingerprint density at radius 1 is 0.897 bits per heavy atom. The van der Waals surface area contributed by atoms with Crippen molar-refractivity contribution in [3.05, 3.63) is 88.4 Å². The molecule has 10 nitrogen and oxygen atoms in total. The van der Waals surface area contributed by atoms with Crippen LogP contribution in [0.2, 0.25) is 0 Å². The number of nitrogens with zero attached hydrogens (tertiary/aromatic N) is 4. The summed E-state index contributed by atoms with van der Waals surface area (Å²) in [5.41, 5.74) is 12.1. The first-order valence-electron chi connectivity index (χ1n) is 12.8. The SMILES string of the molecule is CN(C)CCc1c[nH]c2ccc(N)cc12.CN(C)CCc1c[nH]c2ccc(Nc3ncccc3[N+](=O)[O-])cc12. The summed E-state index contributed by atoms with van der Waals surface area (Å²) in [6.07, 6.45) is 7.61. The number of likely N-dealkylation sites (N-methyl/N-ethyl adjacent to an activating group) is 2. The molecule has 0 amide bonds. The molecule has 10 heteroatoms. The zero-order chi connectivity index (χ0) is 27.9. The maximum atomic E-state index is 11.1. The Morgan fingerprint density at radius 3 is 2.08 bits per heavy atom. The number of pyridine rings is 1. The van der Waals surface area contributed by atoms with Gasteiger partial charge in [0, 0.05) is 70.9 Å². The third-order valence-corrected chi connectivity index (χ3v) is 6.46. The molecule has 0 atom stereocenters. The van der Waals surface area contributed by atoms with Gasteiger partial charge in [-0.1, -0.05) is 0 Å². The maximum absolute atomic E-state index is 11.1. The van der Waals surface area contributed by atoms with Crippen molar-refractivity contribution in [2.75, 3.05) is 52.3 Å². The van der Waals surface area contributed by atoms with Crippen LogP contribution in [0, 0.1) is 10.1 Å². The molecule has 3 aromatic heterocycles. The molecule has 0 aliphatic heterocycles. The summed E-state index contributed by atoms with van der Waals surface area (Å²) in [4.78, 5) is 25.6. The number of hydrogen-bond acceptors (Lipinski definition) is 7. The molecular weight excluding hydrogens is 492 g/mol. The van der Waals surface area contributed by atoms with Crippen LogP contribution in [-0.4, -0.2) is 71.0 Å². The van der Waals surface area contributed by atoms with Gasteiger partial charge >= 0.3 is 5.69 Å². The van der Waals surface area contributed by atoms with E-state index >= 15 is 0 Å². The number of aromatic amines is 2. The van der Waals surface area contributed by atoms with Crippen molar-refractivity contribution in [2.24, 2.45) is 0 Å². The standard InChI is InChI=1S/C17H19N5O2.C12H17N3/c1-21(2)9-7-12-11-19-15-6-5-13(10-14(12)15)20-17-16(22(23)24)4-3-8-18-17;1-15(2)6-5-9-8-14-12-4-3-10(13)7-11(9)12/h3-6,8,10-11,19H,7,9H2,1-2H3,(H,18,20);3-4,7-8,14H,5-6,13H2,1-2H3. The van der Waals surface area contributed by atoms with Crippen LogP contribution in [0.5, 0.6) is 0 Å². The summed E-state index contributed by atoms with van der Waals surface area (Å²) >= 11 is 0. The number of nitrogen functional groups attached to an aromatic ring is 1. The average Bonchev–Trinajstić information content (AvgIpc) is 3.50. The summed E-state index contributed by atoms with van der Waals surface area (Å²) in [6, 6.07) is 14.8. The fourth-order valence-electron chi connectivity index (χ4n) is 4.33. The van der Waals surface area contributed by atoms with Crippen molar-refractivity contribution < 1.29 is 4.92 Å². The predicted molar refractivity (Wildman–Crippen MR) is 160 cm³/mol. The molecule has 5 rings (SSSR count). The Kier molecular flexibility index (Phi) is 8.80. The molecular formula is C29H36N8O2. The number of H-pyrrole nitrogens is 2. The van der Waals surface area contributed by atoms with Gasteiger partial charge in [-0.25, -0.2) is 4.98 Å². The quantitative estimate of drug-likeness (QED) is 0.118. The minimum absolute atomic E-state index is 0.0421. The first-order chi connectivity index (χ1) is 18.7. The van der Waals surface area contributed by atoms with E-state index < -0.39 is 4.92 Å². The van der Waals surface area contributed by atoms with Gasteiger partial charge in [-0.2, -0.15) is 0 Å². The lowest BCUT2D eigenvalue weighted by Gasteiger charge is -2.09. The van der Waals surface area contributed by atoms with E-state index in [0.717, 1.165) is 53.7 Å². The Bertz CT molecular complexity index is 1550. The van der Waals surface area contributed by atoms with E-state index in [4.69, 9.17) is 5.73 Å². The van der Waals surface area contributed by atoms with E-state index in [-0.39, 0.29) is 11.5 Å². The van der Waals surface area contributed by atoms with E-state index in [0.29, 0.717) is 0 Å². The van der Waals surface area contributed by atoms with Crippen molar-refractivity contribution in [1.82, 2.24) is 24.8 Å². The van der Waals surface area contributed by atoms with Gasteiger partial charge in [0.15, 0.2) is 0 Å². The first-order valence-corrected chi connectivity index (χ1v) is 12.8. The summed E-state index contributed by atoms with van der Waals surface area (Å²) in [5, 5.41) is 16.5. The van der Waals surface area contributed by atoms with Crippen LogP contribution in [0.3, 0.4) is 0 Å². The third kappa shape index (κ3) is 7.13. The van der Waals surface area contributed by atoms with E-state index in [1.54, 1.807) is 6.07 Å². The van der Waals surface area contributed by atoms with Crippen molar-refractivity contribution in [3.63, 3.8) is 0 Å². The van der Waals surface area contributed by atoms with E-state index in [1.165, 1.54) is 28.8 Å². The van der Waals surface area contributed by atoms with Gasteiger partial charge in [0.1, 0.15) is 0 Å². The lowest BCUT2D eigenvalue weighted by Crippen LogP contribution is -2.14. The third-order valence-electron chi connectivity index (χ3n) is 6.46. The van der Waals surface area contributed by atoms with Crippen LogP contribution >= 0.6 is 0 Å². The minimum Gasteiger partial charge on any atom is -0.399 e. The van der Waals surface area contributed by atoms with Gasteiger partial charge in [0.2, 0.25) is 5.82 Å². The van der Waals surface area contributed by atoms with Crippen molar-refractivity contribution in [2.45, 2.75) is 12.8 Å². The zero-order valence-corrected chi connectivity index (χ0v) is 22.9. The molecule has 0 spiro atoms.